The first kappa shape index (κ1) is 17.7. The number of carbonyl (C=O) groups is 3. The second-order valence-electron chi connectivity index (χ2n) is 6.02. The van der Waals surface area contributed by atoms with E-state index in [1.165, 1.54) is 0 Å². The molecule has 6 heteroatoms. The third-order valence-electron chi connectivity index (χ3n) is 3.20. The van der Waals surface area contributed by atoms with Gasteiger partial charge in [-0.25, -0.2) is 4.79 Å². The van der Waals surface area contributed by atoms with Crippen molar-refractivity contribution in [1.82, 2.24) is 5.32 Å². The van der Waals surface area contributed by atoms with Crippen LogP contribution in [0.5, 0.6) is 0 Å². The standard InChI is InChI=1S/C16H22N2O4/c1-5-11(15(21)22)17-13(19)14(20)18-12-9-7-6-8-10(12)16(2,3)4/h6-9,11H,5H2,1-4H3,(H,17,19)(H,18,20)(H,21,22)/t11-/m0/s1. The zero-order valence-electron chi connectivity index (χ0n) is 13.3. The maximum Gasteiger partial charge on any atom is 0.326 e. The fourth-order valence-corrected chi connectivity index (χ4v) is 1.99. The third-order valence-corrected chi connectivity index (χ3v) is 3.20. The van der Waals surface area contributed by atoms with Crippen LogP contribution in [0.2, 0.25) is 0 Å². The lowest BCUT2D eigenvalue weighted by Crippen LogP contribution is -2.45. The molecule has 6 nitrogen and oxygen atoms in total. The van der Waals surface area contributed by atoms with E-state index in [2.05, 4.69) is 10.6 Å². The Morgan fingerprint density at radius 3 is 2.23 bits per heavy atom. The van der Waals surface area contributed by atoms with Crippen LogP contribution in [0.15, 0.2) is 24.3 Å². The Morgan fingerprint density at radius 2 is 1.73 bits per heavy atom. The first-order valence-corrected chi connectivity index (χ1v) is 7.11. The summed E-state index contributed by atoms with van der Waals surface area (Å²) in [5, 5.41) is 13.6. The van der Waals surface area contributed by atoms with Crippen molar-refractivity contribution in [1.29, 1.82) is 0 Å². The van der Waals surface area contributed by atoms with Crippen molar-refractivity contribution >= 4 is 23.5 Å². The fraction of sp³-hybridized carbons (Fsp3) is 0.438. The first-order valence-electron chi connectivity index (χ1n) is 7.11. The highest BCUT2D eigenvalue weighted by atomic mass is 16.4. The third kappa shape index (κ3) is 4.58. The van der Waals surface area contributed by atoms with Crippen molar-refractivity contribution in [3.05, 3.63) is 29.8 Å². The minimum absolute atomic E-state index is 0.201. The predicted octanol–water partition coefficient (Wildman–Crippen LogP) is 1.90. The molecule has 1 rings (SSSR count). The Kier molecular flexibility index (Phi) is 5.68. The Labute approximate surface area is 129 Å². The van der Waals surface area contributed by atoms with Crippen LogP contribution in [0.1, 0.15) is 39.7 Å². The molecule has 0 fully saturated rings. The quantitative estimate of drug-likeness (QED) is 0.740. The number of hydrogen-bond acceptors (Lipinski definition) is 3. The molecule has 0 bridgehead atoms. The smallest absolute Gasteiger partial charge is 0.326 e. The van der Waals surface area contributed by atoms with Crippen LogP contribution in [-0.2, 0) is 19.8 Å². The lowest BCUT2D eigenvalue weighted by Gasteiger charge is -2.23. The summed E-state index contributed by atoms with van der Waals surface area (Å²) in [4.78, 5) is 34.6. The topological polar surface area (TPSA) is 95.5 Å². The summed E-state index contributed by atoms with van der Waals surface area (Å²) < 4.78 is 0. The highest BCUT2D eigenvalue weighted by Gasteiger charge is 2.24. The summed E-state index contributed by atoms with van der Waals surface area (Å²) >= 11 is 0. The zero-order chi connectivity index (χ0) is 16.9. The molecule has 0 unspecified atom stereocenters. The van der Waals surface area contributed by atoms with Gasteiger partial charge in [0.25, 0.3) is 0 Å². The summed E-state index contributed by atoms with van der Waals surface area (Å²) in [7, 11) is 0. The average Bonchev–Trinajstić information content (AvgIpc) is 2.43. The average molecular weight is 306 g/mol. The van der Waals surface area contributed by atoms with Crippen molar-refractivity contribution in [3.63, 3.8) is 0 Å². The maximum absolute atomic E-state index is 11.9. The number of para-hydroxylation sites is 1. The number of amides is 2. The molecule has 1 atom stereocenters. The molecule has 120 valence electrons. The van der Waals surface area contributed by atoms with Gasteiger partial charge in [0.2, 0.25) is 0 Å². The normalized spacial score (nSPS) is 12.4. The van der Waals surface area contributed by atoms with Crippen LogP contribution in [0.4, 0.5) is 5.69 Å². The van der Waals surface area contributed by atoms with E-state index in [4.69, 9.17) is 5.11 Å². The molecule has 0 aliphatic rings. The van der Waals surface area contributed by atoms with Gasteiger partial charge in [-0.15, -0.1) is 0 Å². The first-order chi connectivity index (χ1) is 10.2. The molecule has 0 saturated carbocycles. The van der Waals surface area contributed by atoms with Crippen LogP contribution in [0.3, 0.4) is 0 Å². The number of carbonyl (C=O) groups excluding carboxylic acids is 2. The summed E-state index contributed by atoms with van der Waals surface area (Å²) in [6, 6.07) is 6.12. The van der Waals surface area contributed by atoms with Gasteiger partial charge in [-0.2, -0.15) is 0 Å². The summed E-state index contributed by atoms with van der Waals surface area (Å²) in [6.45, 7) is 7.60. The molecule has 22 heavy (non-hydrogen) atoms. The number of nitrogens with one attached hydrogen (secondary N) is 2. The number of carboxylic acid groups (broad SMARTS) is 1. The Bertz CT molecular complexity index is 576. The van der Waals surface area contributed by atoms with Crippen molar-refractivity contribution < 1.29 is 19.5 Å². The van der Waals surface area contributed by atoms with Crippen molar-refractivity contribution in [2.45, 2.75) is 45.6 Å². The molecule has 0 radical (unpaired) electrons. The van der Waals surface area contributed by atoms with Crippen LogP contribution in [-0.4, -0.2) is 28.9 Å². The lowest BCUT2D eigenvalue weighted by atomic mass is 9.86. The second-order valence-corrected chi connectivity index (χ2v) is 6.02. The SMILES string of the molecule is CC[C@H](NC(=O)C(=O)Nc1ccccc1C(C)(C)C)C(=O)O. The van der Waals surface area contributed by atoms with E-state index < -0.39 is 23.8 Å². The molecule has 0 aliphatic heterocycles. The molecule has 0 aliphatic carbocycles. The number of hydrogen-bond donors (Lipinski definition) is 3. The second kappa shape index (κ2) is 7.06. The largest absolute Gasteiger partial charge is 0.480 e. The molecule has 0 saturated heterocycles. The van der Waals surface area contributed by atoms with Gasteiger partial charge in [0.05, 0.1) is 0 Å². The number of benzene rings is 1. The monoisotopic (exact) mass is 306 g/mol. The highest BCUT2D eigenvalue weighted by molar-refractivity contribution is 6.40. The molecule has 1 aromatic rings. The van der Waals surface area contributed by atoms with Gasteiger partial charge < -0.3 is 15.7 Å². The van der Waals surface area contributed by atoms with Crippen molar-refractivity contribution in [2.24, 2.45) is 0 Å². The van der Waals surface area contributed by atoms with E-state index >= 15 is 0 Å². The summed E-state index contributed by atoms with van der Waals surface area (Å²) in [6.07, 6.45) is 0.201. The van der Waals surface area contributed by atoms with E-state index in [0.717, 1.165) is 5.56 Å². The van der Waals surface area contributed by atoms with E-state index in [1.54, 1.807) is 19.1 Å². The molecule has 0 heterocycles. The lowest BCUT2D eigenvalue weighted by molar-refractivity contribution is -0.143. The predicted molar refractivity (Wildman–Crippen MR) is 83.6 cm³/mol. The molecule has 3 N–H and O–H groups in total. The van der Waals surface area contributed by atoms with Crippen LogP contribution >= 0.6 is 0 Å². The van der Waals surface area contributed by atoms with Crippen molar-refractivity contribution in [3.8, 4) is 0 Å². The molecule has 0 aromatic heterocycles. The number of anilines is 1. The molecule has 2 amide bonds. The molecular weight excluding hydrogens is 284 g/mol. The molecular formula is C16H22N2O4. The van der Waals surface area contributed by atoms with Gasteiger partial charge in [-0.3, -0.25) is 9.59 Å². The Morgan fingerprint density at radius 1 is 1.14 bits per heavy atom. The van der Waals surface area contributed by atoms with Gasteiger partial charge in [0.1, 0.15) is 6.04 Å². The summed E-state index contributed by atoms with van der Waals surface area (Å²) in [5.41, 5.74) is 1.23. The number of aliphatic carboxylic acids is 1. The van der Waals surface area contributed by atoms with Gasteiger partial charge >= 0.3 is 17.8 Å². The minimum Gasteiger partial charge on any atom is -0.480 e. The zero-order valence-corrected chi connectivity index (χ0v) is 13.3. The van der Waals surface area contributed by atoms with Crippen LogP contribution in [0, 0.1) is 0 Å². The van der Waals surface area contributed by atoms with Gasteiger partial charge in [-0.05, 0) is 23.5 Å². The van der Waals surface area contributed by atoms with Crippen LogP contribution in [0.25, 0.3) is 0 Å². The van der Waals surface area contributed by atoms with E-state index in [-0.39, 0.29) is 11.8 Å². The number of carboxylic acids is 1. The van der Waals surface area contributed by atoms with E-state index in [0.29, 0.717) is 5.69 Å². The molecule has 0 spiro atoms. The minimum atomic E-state index is -1.17. The van der Waals surface area contributed by atoms with Gasteiger partial charge in [0.15, 0.2) is 0 Å². The Hall–Kier alpha value is -2.37. The van der Waals surface area contributed by atoms with Gasteiger partial charge in [0, 0.05) is 5.69 Å². The van der Waals surface area contributed by atoms with Gasteiger partial charge in [-0.1, -0.05) is 45.9 Å². The Balaban J connectivity index is 2.86. The van der Waals surface area contributed by atoms with Crippen LogP contribution < -0.4 is 10.6 Å². The summed E-state index contributed by atoms with van der Waals surface area (Å²) in [5.74, 6) is -3.01. The highest BCUT2D eigenvalue weighted by Crippen LogP contribution is 2.29. The van der Waals surface area contributed by atoms with Crippen molar-refractivity contribution in [2.75, 3.05) is 5.32 Å². The molecule has 1 aromatic carbocycles. The number of rotatable bonds is 4. The maximum atomic E-state index is 11.9. The fourth-order valence-electron chi connectivity index (χ4n) is 1.99. The van der Waals surface area contributed by atoms with E-state index in [9.17, 15) is 14.4 Å². The van der Waals surface area contributed by atoms with E-state index in [1.807, 2.05) is 32.9 Å².